The van der Waals surface area contributed by atoms with Gasteiger partial charge in [0.1, 0.15) is 19.0 Å². The van der Waals surface area contributed by atoms with Crippen molar-refractivity contribution in [3.8, 4) is 17.2 Å². The maximum absolute atomic E-state index is 11.0. The van der Waals surface area contributed by atoms with E-state index < -0.39 is 5.97 Å². The standard InChI is InChI=1S/C10H15O5P3/c11-10(12)6-1-7(13-3-16)9(15-5-18)8(2-6)14-4-17/h1-2H,3-5,16-18H2,(H,11,12). The molecular weight excluding hydrogens is 293 g/mol. The van der Waals surface area contributed by atoms with Crippen molar-refractivity contribution < 1.29 is 24.1 Å². The minimum absolute atomic E-state index is 0.0907. The summed E-state index contributed by atoms with van der Waals surface area (Å²) in [5, 5.41) is 9.02. The van der Waals surface area contributed by atoms with E-state index in [1.165, 1.54) is 12.1 Å². The Balaban J connectivity index is 3.28. The molecule has 1 aromatic carbocycles. The van der Waals surface area contributed by atoms with E-state index in [2.05, 4.69) is 27.7 Å². The predicted octanol–water partition coefficient (Wildman–Crippen LogP) is 2.02. The number of carboxylic acid groups (broad SMARTS) is 1. The van der Waals surface area contributed by atoms with Crippen molar-refractivity contribution in [2.24, 2.45) is 0 Å². The fraction of sp³-hybridized carbons (Fsp3) is 0.300. The third-order valence-electron chi connectivity index (χ3n) is 1.97. The predicted molar refractivity (Wildman–Crippen MR) is 79.0 cm³/mol. The van der Waals surface area contributed by atoms with E-state index in [9.17, 15) is 4.79 Å². The summed E-state index contributed by atoms with van der Waals surface area (Å²) in [4.78, 5) is 11.0. The van der Waals surface area contributed by atoms with Crippen LogP contribution in [0.3, 0.4) is 0 Å². The Morgan fingerprint density at radius 3 is 1.78 bits per heavy atom. The molecule has 0 spiro atoms. The quantitative estimate of drug-likeness (QED) is 0.781. The smallest absolute Gasteiger partial charge is 0.335 e. The van der Waals surface area contributed by atoms with Crippen molar-refractivity contribution in [3.63, 3.8) is 0 Å². The second kappa shape index (κ2) is 7.74. The molecule has 0 aromatic heterocycles. The van der Waals surface area contributed by atoms with Gasteiger partial charge in [-0.1, -0.05) is 27.7 Å². The molecule has 3 atom stereocenters. The summed E-state index contributed by atoms with van der Waals surface area (Å²) in [7, 11) is 7.21. The zero-order chi connectivity index (χ0) is 13.5. The van der Waals surface area contributed by atoms with Gasteiger partial charge in [0.15, 0.2) is 11.5 Å². The van der Waals surface area contributed by atoms with E-state index in [0.29, 0.717) is 36.3 Å². The zero-order valence-electron chi connectivity index (χ0n) is 9.59. The Labute approximate surface area is 112 Å². The van der Waals surface area contributed by atoms with Gasteiger partial charge in [0.25, 0.3) is 0 Å². The number of carboxylic acids is 1. The second-order valence-electron chi connectivity index (χ2n) is 3.04. The molecule has 18 heavy (non-hydrogen) atoms. The molecule has 5 nitrogen and oxygen atoms in total. The van der Waals surface area contributed by atoms with Crippen LogP contribution in [0.15, 0.2) is 12.1 Å². The average Bonchev–Trinajstić information content (AvgIpc) is 2.33. The Morgan fingerprint density at radius 1 is 1.00 bits per heavy atom. The highest BCUT2D eigenvalue weighted by atomic mass is 31.0. The molecule has 1 aromatic rings. The van der Waals surface area contributed by atoms with Gasteiger partial charge >= 0.3 is 5.97 Å². The van der Waals surface area contributed by atoms with Crippen LogP contribution < -0.4 is 14.2 Å². The molecule has 0 bridgehead atoms. The highest BCUT2D eigenvalue weighted by Gasteiger charge is 2.17. The van der Waals surface area contributed by atoms with E-state index >= 15 is 0 Å². The largest absolute Gasteiger partial charge is 0.486 e. The van der Waals surface area contributed by atoms with Crippen LogP contribution in [-0.4, -0.2) is 30.1 Å². The van der Waals surface area contributed by atoms with Crippen molar-refractivity contribution in [1.29, 1.82) is 0 Å². The van der Waals surface area contributed by atoms with Gasteiger partial charge in [-0.15, -0.1) is 0 Å². The van der Waals surface area contributed by atoms with Crippen LogP contribution in [0.4, 0.5) is 0 Å². The first kappa shape index (κ1) is 15.4. The average molecular weight is 308 g/mol. The van der Waals surface area contributed by atoms with E-state index in [-0.39, 0.29) is 5.56 Å². The first-order valence-corrected chi connectivity index (χ1v) is 7.49. The molecule has 0 aliphatic carbocycles. The van der Waals surface area contributed by atoms with Gasteiger partial charge in [-0.25, -0.2) is 4.79 Å². The van der Waals surface area contributed by atoms with Crippen molar-refractivity contribution >= 4 is 33.7 Å². The van der Waals surface area contributed by atoms with Crippen LogP contribution in [0.5, 0.6) is 17.2 Å². The van der Waals surface area contributed by atoms with Crippen molar-refractivity contribution in [2.75, 3.05) is 19.0 Å². The molecular formula is C10H15O5P3. The highest BCUT2D eigenvalue weighted by Crippen LogP contribution is 2.39. The lowest BCUT2D eigenvalue weighted by Crippen LogP contribution is -2.04. The van der Waals surface area contributed by atoms with Gasteiger partial charge in [-0.05, 0) is 12.1 Å². The van der Waals surface area contributed by atoms with Gasteiger partial charge < -0.3 is 19.3 Å². The summed E-state index contributed by atoms with van der Waals surface area (Å²) in [5.41, 5.74) is 0.0907. The second-order valence-corrected chi connectivity index (χ2v) is 4.04. The Hall–Kier alpha value is -0.620. The lowest BCUT2D eigenvalue weighted by Gasteiger charge is -2.15. The lowest BCUT2D eigenvalue weighted by molar-refractivity contribution is 0.0696. The minimum Gasteiger partial charge on any atom is -0.486 e. The molecule has 0 heterocycles. The van der Waals surface area contributed by atoms with E-state index in [1.54, 1.807) is 0 Å². The minimum atomic E-state index is -1.05. The summed E-state index contributed by atoms with van der Waals surface area (Å²) in [6.07, 6.45) is 1.01. The third-order valence-corrected chi connectivity index (χ3v) is 2.47. The molecule has 0 saturated carbocycles. The summed E-state index contributed by atoms with van der Waals surface area (Å²) in [6, 6.07) is 2.83. The lowest BCUT2D eigenvalue weighted by atomic mass is 10.2. The van der Waals surface area contributed by atoms with E-state index in [1.807, 2.05) is 0 Å². The van der Waals surface area contributed by atoms with Crippen LogP contribution in [0.25, 0.3) is 0 Å². The monoisotopic (exact) mass is 308 g/mol. The molecule has 1 N–H and O–H groups in total. The maximum Gasteiger partial charge on any atom is 0.335 e. The Morgan fingerprint density at radius 2 is 1.44 bits per heavy atom. The summed E-state index contributed by atoms with van der Waals surface area (Å²) in [5.74, 6) is 0.0520. The normalized spacial score (nSPS) is 9.94. The first-order chi connectivity index (χ1) is 8.63. The van der Waals surface area contributed by atoms with Crippen molar-refractivity contribution in [2.45, 2.75) is 0 Å². The van der Waals surface area contributed by atoms with Crippen molar-refractivity contribution in [3.05, 3.63) is 17.7 Å². The van der Waals surface area contributed by atoms with Crippen LogP contribution in [0, 0.1) is 0 Å². The fourth-order valence-corrected chi connectivity index (χ4v) is 1.85. The molecule has 0 aliphatic heterocycles. The third kappa shape index (κ3) is 3.95. The molecule has 0 saturated heterocycles. The van der Waals surface area contributed by atoms with Crippen LogP contribution in [-0.2, 0) is 0 Å². The molecule has 0 radical (unpaired) electrons. The topological polar surface area (TPSA) is 65.0 Å². The molecule has 3 unspecified atom stereocenters. The van der Waals surface area contributed by atoms with Gasteiger partial charge in [-0.2, -0.15) is 0 Å². The van der Waals surface area contributed by atoms with Crippen LogP contribution in [0.1, 0.15) is 10.4 Å². The van der Waals surface area contributed by atoms with Crippen molar-refractivity contribution in [1.82, 2.24) is 0 Å². The number of aromatic carboxylic acids is 1. The SMILES string of the molecule is O=C(O)c1cc(OCP)c(OCP)c(OCP)c1. The number of hydrogen-bond donors (Lipinski definition) is 1. The molecule has 0 aliphatic rings. The first-order valence-electron chi connectivity index (χ1n) is 5.04. The number of carbonyl (C=O) groups is 1. The van der Waals surface area contributed by atoms with Gasteiger partial charge in [0, 0.05) is 0 Å². The Bertz CT molecular complexity index is 397. The number of ether oxygens (including phenoxy) is 3. The van der Waals surface area contributed by atoms with E-state index in [4.69, 9.17) is 19.3 Å². The van der Waals surface area contributed by atoms with Gasteiger partial charge in [0.2, 0.25) is 5.75 Å². The molecule has 8 heteroatoms. The molecule has 0 fully saturated rings. The number of benzene rings is 1. The fourth-order valence-electron chi connectivity index (χ4n) is 1.32. The molecule has 1 rings (SSSR count). The van der Waals surface area contributed by atoms with E-state index in [0.717, 1.165) is 0 Å². The highest BCUT2D eigenvalue weighted by molar-refractivity contribution is 7.16. The zero-order valence-corrected chi connectivity index (χ0v) is 13.1. The Kier molecular flexibility index (Phi) is 6.63. The molecule has 100 valence electrons. The van der Waals surface area contributed by atoms with Gasteiger partial charge in [-0.3, -0.25) is 0 Å². The number of rotatable bonds is 7. The summed E-state index contributed by atoms with van der Waals surface area (Å²) in [6.45, 7) is 0. The van der Waals surface area contributed by atoms with Crippen LogP contribution >= 0.6 is 27.7 Å². The summed E-state index contributed by atoms with van der Waals surface area (Å²) >= 11 is 0. The molecule has 0 amide bonds. The summed E-state index contributed by atoms with van der Waals surface area (Å²) < 4.78 is 16.1. The maximum atomic E-state index is 11.0. The van der Waals surface area contributed by atoms with Crippen LogP contribution in [0.2, 0.25) is 0 Å². The number of hydrogen-bond acceptors (Lipinski definition) is 4. The van der Waals surface area contributed by atoms with Gasteiger partial charge in [0.05, 0.1) is 5.56 Å².